The Labute approximate surface area is 141 Å². The third kappa shape index (κ3) is 2.45. The van der Waals surface area contributed by atoms with E-state index in [1.165, 1.54) is 13.1 Å². The standard InChI is InChI=1S/C17H19N3O3S/c1-10-5-6-15-13(7-10)17(21)16(20(4)24(15,22)23)12(3)19-14-9-18-8-11(14)2/h5-7,9,19H,8H2,1-4H3/b16-12-. The second-order valence-corrected chi connectivity index (χ2v) is 8.00. The molecule has 6 nitrogen and oxygen atoms in total. The summed E-state index contributed by atoms with van der Waals surface area (Å²) >= 11 is 0. The monoisotopic (exact) mass is 345 g/mol. The summed E-state index contributed by atoms with van der Waals surface area (Å²) in [6.07, 6.45) is 1.69. The number of Topliss-reactive ketones (excluding diaryl/α,β-unsaturated/α-hetero) is 1. The number of sulfonamides is 1. The van der Waals surface area contributed by atoms with E-state index in [9.17, 15) is 13.2 Å². The molecule has 0 bridgehead atoms. The summed E-state index contributed by atoms with van der Waals surface area (Å²) in [4.78, 5) is 17.1. The molecule has 126 valence electrons. The zero-order valence-corrected chi connectivity index (χ0v) is 14.9. The topological polar surface area (TPSA) is 78.8 Å². The molecule has 0 unspecified atom stereocenters. The number of likely N-dealkylation sites (N-methyl/N-ethyl adjacent to an activating group) is 1. The number of carbonyl (C=O) groups is 1. The molecule has 0 radical (unpaired) electrons. The van der Waals surface area contributed by atoms with Crippen LogP contribution < -0.4 is 5.32 Å². The zero-order valence-electron chi connectivity index (χ0n) is 14.0. The maximum Gasteiger partial charge on any atom is 0.264 e. The van der Waals surface area contributed by atoms with Crippen LogP contribution in [0, 0.1) is 6.92 Å². The highest BCUT2D eigenvalue weighted by Crippen LogP contribution is 2.32. The molecule has 0 aliphatic carbocycles. The van der Waals surface area contributed by atoms with Crippen molar-refractivity contribution in [1.29, 1.82) is 0 Å². The van der Waals surface area contributed by atoms with Crippen LogP contribution in [0.1, 0.15) is 29.8 Å². The van der Waals surface area contributed by atoms with Crippen molar-refractivity contribution in [3.63, 3.8) is 0 Å². The maximum atomic E-state index is 12.9. The Hall–Kier alpha value is -2.41. The van der Waals surface area contributed by atoms with Gasteiger partial charge in [0, 0.05) is 24.5 Å². The Bertz CT molecular complexity index is 940. The number of hydrogen-bond acceptors (Lipinski definition) is 5. The number of benzene rings is 1. The fourth-order valence-electron chi connectivity index (χ4n) is 2.86. The quantitative estimate of drug-likeness (QED) is 0.832. The summed E-state index contributed by atoms with van der Waals surface area (Å²) in [5.41, 5.74) is 3.52. The van der Waals surface area contributed by atoms with Crippen LogP contribution in [0.4, 0.5) is 0 Å². The number of nitrogens with one attached hydrogen (secondary N) is 1. The fraction of sp³-hybridized carbons (Fsp3) is 0.294. The molecular formula is C17H19N3O3S. The molecule has 2 aliphatic heterocycles. The van der Waals surface area contributed by atoms with Gasteiger partial charge in [-0.15, -0.1) is 0 Å². The number of hydrogen-bond donors (Lipinski definition) is 1. The van der Waals surface area contributed by atoms with Gasteiger partial charge in [-0.3, -0.25) is 14.1 Å². The number of nitrogens with zero attached hydrogens (tertiary/aromatic N) is 2. The van der Waals surface area contributed by atoms with Crippen molar-refractivity contribution in [1.82, 2.24) is 9.62 Å². The van der Waals surface area contributed by atoms with Crippen LogP contribution in [-0.2, 0) is 10.0 Å². The lowest BCUT2D eigenvalue weighted by Crippen LogP contribution is -2.38. The first-order valence-electron chi connectivity index (χ1n) is 7.55. The van der Waals surface area contributed by atoms with Crippen LogP contribution >= 0.6 is 0 Å². The Morgan fingerprint density at radius 2 is 2.00 bits per heavy atom. The molecule has 1 N–H and O–H groups in total. The minimum absolute atomic E-state index is 0.0509. The first kappa shape index (κ1) is 16.4. The lowest BCUT2D eigenvalue weighted by molar-refractivity contribution is 0.100. The Morgan fingerprint density at radius 1 is 1.29 bits per heavy atom. The molecule has 3 rings (SSSR count). The molecule has 24 heavy (non-hydrogen) atoms. The van der Waals surface area contributed by atoms with Gasteiger partial charge in [0.1, 0.15) is 5.70 Å². The van der Waals surface area contributed by atoms with E-state index in [2.05, 4.69) is 10.3 Å². The molecule has 0 amide bonds. The first-order valence-corrected chi connectivity index (χ1v) is 8.99. The first-order chi connectivity index (χ1) is 11.2. The van der Waals surface area contributed by atoms with Crippen LogP contribution in [0.25, 0.3) is 0 Å². The van der Waals surface area contributed by atoms with Crippen molar-refractivity contribution >= 4 is 22.0 Å². The third-order valence-electron chi connectivity index (χ3n) is 4.23. The molecular weight excluding hydrogens is 326 g/mol. The van der Waals surface area contributed by atoms with Crippen molar-refractivity contribution < 1.29 is 13.2 Å². The molecule has 1 aromatic rings. The van der Waals surface area contributed by atoms with Gasteiger partial charge in [0.05, 0.1) is 17.1 Å². The average molecular weight is 345 g/mol. The van der Waals surface area contributed by atoms with E-state index in [0.29, 0.717) is 12.2 Å². The molecule has 0 spiro atoms. The fourth-order valence-corrected chi connectivity index (χ4v) is 4.29. The van der Waals surface area contributed by atoms with E-state index in [1.54, 1.807) is 25.3 Å². The summed E-state index contributed by atoms with van der Waals surface area (Å²) in [6.45, 7) is 6.08. The third-order valence-corrected chi connectivity index (χ3v) is 6.05. The van der Waals surface area contributed by atoms with E-state index >= 15 is 0 Å². The molecule has 7 heteroatoms. The minimum Gasteiger partial charge on any atom is -0.356 e. The largest absolute Gasteiger partial charge is 0.356 e. The van der Waals surface area contributed by atoms with Gasteiger partial charge in [-0.2, -0.15) is 0 Å². The number of fused-ring (bicyclic) bond motifs is 1. The second kappa shape index (κ2) is 5.59. The number of carbonyl (C=O) groups excluding carboxylic acids is 1. The van der Waals surface area contributed by atoms with E-state index in [4.69, 9.17) is 0 Å². The van der Waals surface area contributed by atoms with Crippen molar-refractivity contribution in [2.24, 2.45) is 4.99 Å². The molecule has 0 atom stereocenters. The van der Waals surface area contributed by atoms with Gasteiger partial charge in [0.2, 0.25) is 5.78 Å². The van der Waals surface area contributed by atoms with E-state index in [1.807, 2.05) is 13.8 Å². The number of aryl methyl sites for hydroxylation is 1. The predicted octanol–water partition coefficient (Wildman–Crippen LogP) is 1.99. The Kier molecular flexibility index (Phi) is 3.83. The molecule has 2 heterocycles. The van der Waals surface area contributed by atoms with Crippen LogP contribution in [0.5, 0.6) is 0 Å². The van der Waals surface area contributed by atoms with E-state index in [0.717, 1.165) is 21.1 Å². The molecule has 0 saturated carbocycles. The van der Waals surface area contributed by atoms with E-state index < -0.39 is 10.0 Å². The van der Waals surface area contributed by atoms with Gasteiger partial charge >= 0.3 is 0 Å². The molecule has 0 saturated heterocycles. The van der Waals surface area contributed by atoms with Gasteiger partial charge in [-0.25, -0.2) is 8.42 Å². The smallest absolute Gasteiger partial charge is 0.264 e. The Balaban J connectivity index is 2.16. The van der Waals surface area contributed by atoms with Crippen LogP contribution in [0.15, 0.2) is 50.8 Å². The summed E-state index contributed by atoms with van der Waals surface area (Å²) in [5, 5.41) is 3.13. The van der Waals surface area contributed by atoms with Crippen molar-refractivity contribution in [2.45, 2.75) is 25.7 Å². The average Bonchev–Trinajstić information content (AvgIpc) is 2.90. The van der Waals surface area contributed by atoms with Gasteiger partial charge < -0.3 is 5.32 Å². The van der Waals surface area contributed by atoms with Crippen molar-refractivity contribution in [3.05, 3.63) is 52.0 Å². The highest BCUT2D eigenvalue weighted by atomic mass is 32.2. The number of rotatable bonds is 2. The highest BCUT2D eigenvalue weighted by molar-refractivity contribution is 7.89. The van der Waals surface area contributed by atoms with Crippen LogP contribution in [-0.4, -0.2) is 38.3 Å². The molecule has 0 fully saturated rings. The van der Waals surface area contributed by atoms with E-state index in [-0.39, 0.29) is 21.9 Å². The normalized spacial score (nSPS) is 21.2. The summed E-state index contributed by atoms with van der Waals surface area (Å²) in [6, 6.07) is 4.81. The summed E-state index contributed by atoms with van der Waals surface area (Å²) in [7, 11) is -2.34. The second-order valence-electron chi connectivity index (χ2n) is 6.06. The lowest BCUT2D eigenvalue weighted by Gasteiger charge is -2.30. The van der Waals surface area contributed by atoms with Gasteiger partial charge in [0.25, 0.3) is 10.0 Å². The predicted molar refractivity (Wildman–Crippen MR) is 92.4 cm³/mol. The van der Waals surface area contributed by atoms with Gasteiger partial charge in [-0.1, -0.05) is 11.6 Å². The highest BCUT2D eigenvalue weighted by Gasteiger charge is 2.38. The maximum absolute atomic E-state index is 12.9. The number of ketones is 1. The SMILES string of the molecule is CC1=C(N/C(C)=C2/C(=O)c3cc(C)ccc3S(=O)(=O)N2C)C=NC1. The lowest BCUT2D eigenvalue weighted by atomic mass is 10.0. The van der Waals surface area contributed by atoms with Crippen LogP contribution in [0.3, 0.4) is 0 Å². The van der Waals surface area contributed by atoms with Crippen LogP contribution in [0.2, 0.25) is 0 Å². The minimum atomic E-state index is -3.75. The molecule has 1 aromatic carbocycles. The number of allylic oxidation sites excluding steroid dienone is 3. The number of aliphatic imine (C=N–C) groups is 1. The molecule has 2 aliphatic rings. The van der Waals surface area contributed by atoms with Gasteiger partial charge in [0.15, 0.2) is 0 Å². The summed E-state index contributed by atoms with van der Waals surface area (Å²) in [5.74, 6) is -0.302. The van der Waals surface area contributed by atoms with Crippen molar-refractivity contribution in [2.75, 3.05) is 13.6 Å². The summed E-state index contributed by atoms with van der Waals surface area (Å²) < 4.78 is 26.6. The Morgan fingerprint density at radius 3 is 2.62 bits per heavy atom. The molecule has 0 aromatic heterocycles. The van der Waals surface area contributed by atoms with Gasteiger partial charge in [-0.05, 0) is 38.5 Å². The zero-order chi connectivity index (χ0) is 17.6. The van der Waals surface area contributed by atoms with Crippen molar-refractivity contribution in [3.8, 4) is 0 Å².